The molecule has 1 aromatic rings. The van der Waals surface area contributed by atoms with E-state index in [0.29, 0.717) is 11.3 Å². The maximum Gasteiger partial charge on any atom is 0.113 e. The summed E-state index contributed by atoms with van der Waals surface area (Å²) in [6.07, 6.45) is 7.45. The van der Waals surface area contributed by atoms with Gasteiger partial charge in [0.2, 0.25) is 0 Å². The molecule has 3 heteroatoms. The molecule has 1 fully saturated rings. The maximum absolute atomic E-state index is 6.29. The fraction of sp³-hybridized carbons (Fsp3) is 0.786. The summed E-state index contributed by atoms with van der Waals surface area (Å²) < 4.78 is 2.12. The number of nitrogens with zero attached hydrogens (tertiary/aromatic N) is 2. The van der Waals surface area contributed by atoms with Gasteiger partial charge in [0.1, 0.15) is 5.82 Å². The maximum atomic E-state index is 6.29. The van der Waals surface area contributed by atoms with Crippen molar-refractivity contribution in [2.75, 3.05) is 0 Å². The van der Waals surface area contributed by atoms with Gasteiger partial charge in [-0.1, -0.05) is 20.8 Å². The molecule has 3 atom stereocenters. The summed E-state index contributed by atoms with van der Waals surface area (Å²) in [6, 6.07) is 0.273. The zero-order valence-corrected chi connectivity index (χ0v) is 11.5. The SMILES string of the molecule is Cn1ccnc1C1CC(C(C)(C)C)CCC1N. The van der Waals surface area contributed by atoms with Crippen LogP contribution < -0.4 is 5.73 Å². The first-order chi connectivity index (χ1) is 7.89. The molecule has 1 saturated carbocycles. The number of hydrogen-bond donors (Lipinski definition) is 1. The molecule has 0 spiro atoms. The first kappa shape index (κ1) is 12.6. The molecule has 17 heavy (non-hydrogen) atoms. The first-order valence-electron chi connectivity index (χ1n) is 6.62. The molecule has 1 heterocycles. The Labute approximate surface area is 104 Å². The van der Waals surface area contributed by atoms with Crippen molar-refractivity contribution in [2.24, 2.45) is 24.1 Å². The normalized spacial score (nSPS) is 30.5. The van der Waals surface area contributed by atoms with E-state index in [1.807, 2.05) is 12.4 Å². The Kier molecular flexibility index (Phi) is 3.30. The van der Waals surface area contributed by atoms with Crippen LogP contribution in [0.1, 0.15) is 51.8 Å². The second-order valence-corrected chi connectivity index (χ2v) is 6.54. The Morgan fingerprint density at radius 1 is 1.35 bits per heavy atom. The summed E-state index contributed by atoms with van der Waals surface area (Å²) in [5.41, 5.74) is 6.67. The molecule has 0 bridgehead atoms. The third kappa shape index (κ3) is 2.54. The second-order valence-electron chi connectivity index (χ2n) is 6.54. The van der Waals surface area contributed by atoms with E-state index in [1.54, 1.807) is 0 Å². The highest BCUT2D eigenvalue weighted by atomic mass is 15.0. The van der Waals surface area contributed by atoms with Crippen molar-refractivity contribution >= 4 is 0 Å². The van der Waals surface area contributed by atoms with Crippen LogP contribution in [0.15, 0.2) is 12.4 Å². The molecule has 0 amide bonds. The summed E-state index contributed by atoms with van der Waals surface area (Å²) >= 11 is 0. The van der Waals surface area contributed by atoms with Gasteiger partial charge < -0.3 is 10.3 Å². The molecular weight excluding hydrogens is 210 g/mol. The van der Waals surface area contributed by atoms with Gasteiger partial charge in [0.05, 0.1) is 0 Å². The van der Waals surface area contributed by atoms with E-state index in [9.17, 15) is 0 Å². The van der Waals surface area contributed by atoms with E-state index >= 15 is 0 Å². The average Bonchev–Trinajstić information content (AvgIpc) is 2.63. The van der Waals surface area contributed by atoms with Crippen LogP contribution in [0, 0.1) is 11.3 Å². The molecule has 2 rings (SSSR count). The summed E-state index contributed by atoms with van der Waals surface area (Å²) in [4.78, 5) is 4.49. The van der Waals surface area contributed by atoms with Crippen LogP contribution >= 0.6 is 0 Å². The average molecular weight is 235 g/mol. The van der Waals surface area contributed by atoms with Crippen LogP contribution in [0.5, 0.6) is 0 Å². The van der Waals surface area contributed by atoms with Gasteiger partial charge in [-0.2, -0.15) is 0 Å². The Bertz CT molecular complexity index is 375. The molecule has 2 N–H and O–H groups in total. The predicted octanol–water partition coefficient (Wildman–Crippen LogP) is 2.68. The minimum atomic E-state index is 0.273. The van der Waals surface area contributed by atoms with Gasteiger partial charge in [-0.25, -0.2) is 4.98 Å². The molecule has 3 nitrogen and oxygen atoms in total. The number of aromatic nitrogens is 2. The first-order valence-corrected chi connectivity index (χ1v) is 6.62. The molecule has 0 aromatic carbocycles. The zero-order valence-electron chi connectivity index (χ0n) is 11.5. The number of nitrogens with two attached hydrogens (primary N) is 1. The highest BCUT2D eigenvalue weighted by molar-refractivity contribution is 5.07. The topological polar surface area (TPSA) is 43.8 Å². The highest BCUT2D eigenvalue weighted by Crippen LogP contribution is 2.42. The van der Waals surface area contributed by atoms with Gasteiger partial charge in [0.25, 0.3) is 0 Å². The zero-order chi connectivity index (χ0) is 12.6. The molecule has 96 valence electrons. The minimum absolute atomic E-state index is 0.273. The third-order valence-corrected chi connectivity index (χ3v) is 4.32. The Morgan fingerprint density at radius 3 is 2.59 bits per heavy atom. The largest absolute Gasteiger partial charge is 0.338 e. The molecule has 0 aliphatic heterocycles. The lowest BCUT2D eigenvalue weighted by Crippen LogP contribution is -2.39. The lowest BCUT2D eigenvalue weighted by Gasteiger charge is -2.40. The smallest absolute Gasteiger partial charge is 0.113 e. The molecule has 1 aromatic heterocycles. The van der Waals surface area contributed by atoms with Crippen molar-refractivity contribution in [1.82, 2.24) is 9.55 Å². The number of imidazole rings is 1. The standard InChI is InChI=1S/C14H25N3/c1-14(2,3)10-5-6-12(15)11(9-10)13-16-7-8-17(13)4/h7-8,10-12H,5-6,9,15H2,1-4H3. The molecule has 1 aliphatic rings. The highest BCUT2D eigenvalue weighted by Gasteiger charge is 2.36. The van der Waals surface area contributed by atoms with Gasteiger partial charge in [-0.05, 0) is 30.6 Å². The van der Waals surface area contributed by atoms with Crippen molar-refractivity contribution in [3.8, 4) is 0 Å². The molecule has 3 unspecified atom stereocenters. The van der Waals surface area contributed by atoms with Crippen LogP contribution in [0.25, 0.3) is 0 Å². The Balaban J connectivity index is 2.19. The number of aryl methyl sites for hydroxylation is 1. The van der Waals surface area contributed by atoms with E-state index in [4.69, 9.17) is 5.73 Å². The van der Waals surface area contributed by atoms with Crippen LogP contribution in [0.2, 0.25) is 0 Å². The molecule has 0 saturated heterocycles. The monoisotopic (exact) mass is 235 g/mol. The Morgan fingerprint density at radius 2 is 2.06 bits per heavy atom. The summed E-state index contributed by atoms with van der Waals surface area (Å²) in [7, 11) is 2.07. The third-order valence-electron chi connectivity index (χ3n) is 4.32. The van der Waals surface area contributed by atoms with E-state index in [0.717, 1.165) is 18.2 Å². The fourth-order valence-electron chi connectivity index (χ4n) is 3.01. The quantitative estimate of drug-likeness (QED) is 0.813. The lowest BCUT2D eigenvalue weighted by atomic mass is 9.67. The van der Waals surface area contributed by atoms with Gasteiger partial charge in [0, 0.05) is 31.4 Å². The van der Waals surface area contributed by atoms with Crippen LogP contribution in [0.4, 0.5) is 0 Å². The van der Waals surface area contributed by atoms with Crippen LogP contribution in [-0.4, -0.2) is 15.6 Å². The summed E-state index contributed by atoms with van der Waals surface area (Å²) in [6.45, 7) is 7.01. The van der Waals surface area contributed by atoms with Gasteiger partial charge in [-0.15, -0.1) is 0 Å². The van der Waals surface area contributed by atoms with E-state index in [1.165, 1.54) is 12.8 Å². The summed E-state index contributed by atoms with van der Waals surface area (Å²) in [5.74, 6) is 2.34. The number of hydrogen-bond acceptors (Lipinski definition) is 2. The Hall–Kier alpha value is -0.830. The van der Waals surface area contributed by atoms with Crippen molar-refractivity contribution in [1.29, 1.82) is 0 Å². The summed E-state index contributed by atoms with van der Waals surface area (Å²) in [5, 5.41) is 0. The molecular formula is C14H25N3. The second kappa shape index (κ2) is 4.45. The molecule has 0 radical (unpaired) electrons. The lowest BCUT2D eigenvalue weighted by molar-refractivity contribution is 0.150. The van der Waals surface area contributed by atoms with Crippen LogP contribution in [-0.2, 0) is 7.05 Å². The number of rotatable bonds is 1. The van der Waals surface area contributed by atoms with Crippen molar-refractivity contribution < 1.29 is 0 Å². The van der Waals surface area contributed by atoms with Gasteiger partial charge >= 0.3 is 0 Å². The van der Waals surface area contributed by atoms with E-state index < -0.39 is 0 Å². The van der Waals surface area contributed by atoms with E-state index in [2.05, 4.69) is 37.4 Å². The molecule has 1 aliphatic carbocycles. The van der Waals surface area contributed by atoms with Crippen LogP contribution in [0.3, 0.4) is 0 Å². The predicted molar refractivity (Wildman–Crippen MR) is 70.7 cm³/mol. The van der Waals surface area contributed by atoms with Crippen molar-refractivity contribution in [3.05, 3.63) is 18.2 Å². The van der Waals surface area contributed by atoms with Gasteiger partial charge in [-0.3, -0.25) is 0 Å². The van der Waals surface area contributed by atoms with Crippen molar-refractivity contribution in [3.63, 3.8) is 0 Å². The van der Waals surface area contributed by atoms with Gasteiger partial charge in [0.15, 0.2) is 0 Å². The van der Waals surface area contributed by atoms with E-state index in [-0.39, 0.29) is 6.04 Å². The minimum Gasteiger partial charge on any atom is -0.338 e. The fourth-order valence-corrected chi connectivity index (χ4v) is 3.01. The van der Waals surface area contributed by atoms with Crippen molar-refractivity contribution in [2.45, 2.75) is 52.0 Å².